The molecule has 4 N–H and O–H groups in total. The van der Waals surface area contributed by atoms with E-state index in [1.165, 1.54) is 39.0 Å². The van der Waals surface area contributed by atoms with Gasteiger partial charge in [0, 0.05) is 43.7 Å². The molecule has 0 radical (unpaired) electrons. The topological polar surface area (TPSA) is 109 Å². The van der Waals surface area contributed by atoms with Crippen molar-refractivity contribution in [3.63, 3.8) is 0 Å². The highest BCUT2D eigenvalue weighted by molar-refractivity contribution is 7.08. The van der Waals surface area contributed by atoms with Crippen LogP contribution in [0.25, 0.3) is 22.3 Å². The molecule has 2 amide bonds. The number of benzene rings is 1. The molecule has 0 saturated heterocycles. The molecule has 214 valence electrons. The number of hydrogen-bond donors (Lipinski definition) is 3. The second-order valence-electron chi connectivity index (χ2n) is 11.5. The van der Waals surface area contributed by atoms with Crippen molar-refractivity contribution in [3.8, 4) is 22.3 Å². The maximum absolute atomic E-state index is 11.4. The second kappa shape index (κ2) is 12.6. The summed E-state index contributed by atoms with van der Waals surface area (Å²) in [5, 5.41) is 16.9. The molecule has 2 saturated carbocycles. The quantitative estimate of drug-likeness (QED) is 0.326. The van der Waals surface area contributed by atoms with Crippen LogP contribution in [0.15, 0.2) is 53.4 Å². The van der Waals surface area contributed by atoms with Crippen LogP contribution in [0.5, 0.6) is 0 Å². The summed E-state index contributed by atoms with van der Waals surface area (Å²) in [5.41, 5.74) is 10.5. The number of anilines is 1. The summed E-state index contributed by atoms with van der Waals surface area (Å²) >= 11 is 1.63. The van der Waals surface area contributed by atoms with Gasteiger partial charge in [0.05, 0.1) is 5.60 Å². The molecule has 2 aliphatic carbocycles. The number of thiophene rings is 1. The van der Waals surface area contributed by atoms with Crippen molar-refractivity contribution in [1.82, 2.24) is 9.88 Å². The fourth-order valence-electron chi connectivity index (χ4n) is 6.01. The van der Waals surface area contributed by atoms with E-state index in [-0.39, 0.29) is 5.91 Å². The van der Waals surface area contributed by atoms with Crippen molar-refractivity contribution < 1.29 is 14.7 Å². The monoisotopic (exact) mass is 562 g/mol. The summed E-state index contributed by atoms with van der Waals surface area (Å²) < 4.78 is 0. The lowest BCUT2D eigenvalue weighted by atomic mass is 9.63. The van der Waals surface area contributed by atoms with Crippen LogP contribution in [-0.2, 0) is 15.1 Å². The first-order chi connectivity index (χ1) is 19.0. The minimum Gasteiger partial charge on any atom is -0.390 e. The van der Waals surface area contributed by atoms with Crippen molar-refractivity contribution in [1.29, 1.82) is 0 Å². The Labute approximate surface area is 241 Å². The standard InChI is InChI=1S/C22H23N3O2S.C10H19NO/c1-14(26)25-20-9-18(16-7-8-28-11-16)19(10-24-20)15-3-5-17(6-4-15)22(23)12-21(2,27)13-22;1-3-10(12)11(2)9-7-5-4-6-8-9/h3-11,27H,12-13,23H2,1-2H3,(H,24,25,26);9H,3-8H2,1-2H3. The third kappa shape index (κ3) is 7.16. The lowest BCUT2D eigenvalue weighted by Crippen LogP contribution is -2.58. The van der Waals surface area contributed by atoms with E-state index < -0.39 is 11.1 Å². The van der Waals surface area contributed by atoms with E-state index >= 15 is 0 Å². The molecule has 1 aromatic carbocycles. The Morgan fingerprint density at radius 2 is 1.77 bits per heavy atom. The fraction of sp³-hybridized carbons (Fsp3) is 0.469. The maximum atomic E-state index is 11.4. The highest BCUT2D eigenvalue weighted by Gasteiger charge is 2.49. The predicted molar refractivity (Wildman–Crippen MR) is 163 cm³/mol. The minimum atomic E-state index is -0.678. The molecule has 2 aliphatic rings. The van der Waals surface area contributed by atoms with Crippen molar-refractivity contribution in [2.45, 2.75) is 89.3 Å². The summed E-state index contributed by atoms with van der Waals surface area (Å²) in [5.74, 6) is 0.680. The summed E-state index contributed by atoms with van der Waals surface area (Å²) in [6.07, 6.45) is 9.93. The molecule has 0 atom stereocenters. The summed E-state index contributed by atoms with van der Waals surface area (Å²) in [6.45, 7) is 5.22. The molecule has 0 unspecified atom stereocenters. The lowest BCUT2D eigenvalue weighted by Gasteiger charge is -2.49. The van der Waals surface area contributed by atoms with Gasteiger partial charge in [0.25, 0.3) is 0 Å². The highest BCUT2D eigenvalue weighted by Crippen LogP contribution is 2.46. The normalized spacial score (nSPS) is 22.4. The van der Waals surface area contributed by atoms with Crippen molar-refractivity contribution in [3.05, 3.63) is 58.9 Å². The Hall–Kier alpha value is -3.07. The lowest BCUT2D eigenvalue weighted by molar-refractivity contribution is -0.132. The van der Waals surface area contributed by atoms with E-state index in [1.807, 2.05) is 61.5 Å². The van der Waals surface area contributed by atoms with Gasteiger partial charge < -0.3 is 21.1 Å². The summed E-state index contributed by atoms with van der Waals surface area (Å²) in [7, 11) is 1.95. The van der Waals surface area contributed by atoms with E-state index in [2.05, 4.69) is 21.7 Å². The molecule has 40 heavy (non-hydrogen) atoms. The van der Waals surface area contributed by atoms with Gasteiger partial charge in [-0.1, -0.05) is 50.5 Å². The van der Waals surface area contributed by atoms with E-state index in [1.54, 1.807) is 17.5 Å². The van der Waals surface area contributed by atoms with Gasteiger partial charge in [0.15, 0.2) is 0 Å². The molecule has 2 fully saturated rings. The SMILES string of the molecule is CC(=O)Nc1cc(-c2ccsc2)c(-c2ccc(C3(N)CC(C)(O)C3)cc2)cn1.CCC(=O)N(C)C1CCCCC1. The van der Waals surface area contributed by atoms with Gasteiger partial charge >= 0.3 is 0 Å². The number of carbonyl (C=O) groups is 2. The molecule has 5 rings (SSSR count). The average molecular weight is 563 g/mol. The van der Waals surface area contributed by atoms with Crippen LogP contribution in [-0.4, -0.2) is 45.5 Å². The first kappa shape index (κ1) is 29.9. The Morgan fingerprint density at radius 3 is 2.33 bits per heavy atom. The molecule has 7 nitrogen and oxygen atoms in total. The zero-order valence-corrected chi connectivity index (χ0v) is 24.9. The highest BCUT2D eigenvalue weighted by atomic mass is 32.1. The Morgan fingerprint density at radius 1 is 1.10 bits per heavy atom. The van der Waals surface area contributed by atoms with Crippen molar-refractivity contribution >= 4 is 29.0 Å². The number of nitrogens with one attached hydrogen (secondary N) is 1. The Kier molecular flexibility index (Phi) is 9.44. The van der Waals surface area contributed by atoms with Crippen LogP contribution in [0.1, 0.15) is 77.7 Å². The largest absolute Gasteiger partial charge is 0.390 e. The van der Waals surface area contributed by atoms with Crippen molar-refractivity contribution in [2.24, 2.45) is 5.73 Å². The van der Waals surface area contributed by atoms with Gasteiger partial charge in [0.1, 0.15) is 5.82 Å². The van der Waals surface area contributed by atoms with Gasteiger partial charge in [-0.3, -0.25) is 9.59 Å². The number of hydrogen-bond acceptors (Lipinski definition) is 6. The molecule has 0 spiro atoms. The Balaban J connectivity index is 0.000000259. The molecular weight excluding hydrogens is 520 g/mol. The van der Waals surface area contributed by atoms with Crippen LogP contribution in [0.2, 0.25) is 0 Å². The third-order valence-electron chi connectivity index (χ3n) is 8.02. The molecule has 2 heterocycles. The molecule has 3 aromatic rings. The van der Waals surface area contributed by atoms with E-state index in [4.69, 9.17) is 5.73 Å². The number of rotatable bonds is 6. The molecule has 0 aliphatic heterocycles. The average Bonchev–Trinajstić information content (AvgIpc) is 3.47. The van der Waals surface area contributed by atoms with E-state index in [0.29, 0.717) is 37.0 Å². The number of aliphatic hydroxyl groups is 1. The predicted octanol–water partition coefficient (Wildman–Crippen LogP) is 6.32. The fourth-order valence-corrected chi connectivity index (χ4v) is 6.66. The zero-order chi connectivity index (χ0) is 28.9. The van der Waals surface area contributed by atoms with Crippen LogP contribution in [0.3, 0.4) is 0 Å². The third-order valence-corrected chi connectivity index (χ3v) is 8.71. The zero-order valence-electron chi connectivity index (χ0n) is 24.1. The van der Waals surface area contributed by atoms with Gasteiger partial charge in [-0.2, -0.15) is 11.3 Å². The number of nitrogens with two attached hydrogens (primary N) is 1. The molecule has 8 heteroatoms. The van der Waals surface area contributed by atoms with Crippen LogP contribution < -0.4 is 11.1 Å². The number of amides is 2. The summed E-state index contributed by atoms with van der Waals surface area (Å²) in [6, 6.07) is 12.6. The maximum Gasteiger partial charge on any atom is 0.222 e. The Bertz CT molecular complexity index is 1290. The molecular formula is C32H42N4O3S. The molecule has 0 bridgehead atoms. The minimum absolute atomic E-state index is 0.148. The number of carbonyl (C=O) groups excluding carboxylic acids is 2. The van der Waals surface area contributed by atoms with Crippen LogP contribution >= 0.6 is 11.3 Å². The number of aromatic nitrogens is 1. The summed E-state index contributed by atoms with van der Waals surface area (Å²) in [4.78, 5) is 29.1. The van der Waals surface area contributed by atoms with Gasteiger partial charge in [-0.05, 0) is 77.8 Å². The van der Waals surface area contributed by atoms with Gasteiger partial charge in [-0.25, -0.2) is 4.98 Å². The number of pyridine rings is 1. The van der Waals surface area contributed by atoms with Crippen LogP contribution in [0.4, 0.5) is 5.82 Å². The van der Waals surface area contributed by atoms with Crippen LogP contribution in [0, 0.1) is 0 Å². The van der Waals surface area contributed by atoms with E-state index in [9.17, 15) is 14.7 Å². The van der Waals surface area contributed by atoms with Gasteiger partial charge in [-0.15, -0.1) is 0 Å². The first-order valence-electron chi connectivity index (χ1n) is 14.2. The van der Waals surface area contributed by atoms with Gasteiger partial charge in [0.2, 0.25) is 11.8 Å². The second-order valence-corrected chi connectivity index (χ2v) is 12.3. The smallest absolute Gasteiger partial charge is 0.222 e. The first-order valence-corrected chi connectivity index (χ1v) is 15.1. The van der Waals surface area contributed by atoms with Crippen molar-refractivity contribution in [2.75, 3.05) is 12.4 Å². The number of nitrogens with zero attached hydrogens (tertiary/aromatic N) is 2. The van der Waals surface area contributed by atoms with E-state index in [0.717, 1.165) is 27.8 Å². The molecule has 2 aromatic heterocycles.